The van der Waals surface area contributed by atoms with E-state index in [4.69, 9.17) is 4.42 Å². The van der Waals surface area contributed by atoms with E-state index in [1.165, 1.54) is 6.21 Å². The first-order valence-corrected chi connectivity index (χ1v) is 5.54. The maximum absolute atomic E-state index is 11.8. The van der Waals surface area contributed by atoms with Crippen LogP contribution in [0.25, 0.3) is 11.0 Å². The van der Waals surface area contributed by atoms with Crippen LogP contribution in [0.5, 0.6) is 0 Å². The average Bonchev–Trinajstić information content (AvgIpc) is 2.68. The number of nitrogens with zero attached hydrogens (tertiary/aromatic N) is 1. The van der Waals surface area contributed by atoms with Crippen molar-refractivity contribution in [3.63, 3.8) is 0 Å². The van der Waals surface area contributed by atoms with Gasteiger partial charge in [0.25, 0.3) is 0 Å². The Morgan fingerprint density at radius 1 is 1.29 bits per heavy atom. The summed E-state index contributed by atoms with van der Waals surface area (Å²) in [6.07, 6.45) is 1.33. The van der Waals surface area contributed by atoms with Crippen molar-refractivity contribution < 1.29 is 9.21 Å². The van der Waals surface area contributed by atoms with Crippen LogP contribution >= 0.6 is 0 Å². The Morgan fingerprint density at radius 2 is 2.00 bits per heavy atom. The van der Waals surface area contributed by atoms with E-state index in [0.717, 1.165) is 11.0 Å². The van der Waals surface area contributed by atoms with Gasteiger partial charge in [-0.25, -0.2) is 0 Å². The van der Waals surface area contributed by atoms with Crippen molar-refractivity contribution >= 4 is 23.0 Å². The number of ketones is 1. The van der Waals surface area contributed by atoms with Crippen LogP contribution in [0.3, 0.4) is 0 Å². The van der Waals surface area contributed by atoms with Gasteiger partial charge in [0, 0.05) is 5.39 Å². The number of hydrogen-bond acceptors (Lipinski definition) is 3. The van der Waals surface area contributed by atoms with Gasteiger partial charge in [0.05, 0.1) is 11.8 Å². The summed E-state index contributed by atoms with van der Waals surface area (Å²) in [5, 5.41) is 0.931. The monoisotopic (exact) mass is 229 g/mol. The summed E-state index contributed by atoms with van der Waals surface area (Å²) in [4.78, 5) is 16.0. The molecule has 0 radical (unpaired) electrons. The third-order valence-corrected chi connectivity index (χ3v) is 2.24. The molecule has 0 spiro atoms. The molecule has 0 unspecified atom stereocenters. The summed E-state index contributed by atoms with van der Waals surface area (Å²) in [6.45, 7) is 5.82. The summed E-state index contributed by atoms with van der Waals surface area (Å²) in [5.41, 5.74) is 0.474. The molecule has 1 aromatic heterocycles. The van der Waals surface area contributed by atoms with Crippen molar-refractivity contribution in [1.82, 2.24) is 0 Å². The molecule has 0 amide bonds. The minimum absolute atomic E-state index is 0.198. The molecule has 3 nitrogen and oxygen atoms in total. The molecule has 0 saturated heterocycles. The van der Waals surface area contributed by atoms with E-state index in [1.807, 2.05) is 45.0 Å². The van der Waals surface area contributed by atoms with Gasteiger partial charge in [0.2, 0.25) is 5.78 Å². The van der Waals surface area contributed by atoms with Crippen LogP contribution in [-0.4, -0.2) is 17.5 Å². The number of fused-ring (bicyclic) bond motifs is 1. The smallest absolute Gasteiger partial charge is 0.238 e. The Morgan fingerprint density at radius 3 is 2.65 bits per heavy atom. The molecule has 17 heavy (non-hydrogen) atoms. The number of carbonyl (C=O) groups excluding carboxylic acids is 1. The third kappa shape index (κ3) is 2.81. The van der Waals surface area contributed by atoms with Crippen LogP contribution in [0.2, 0.25) is 0 Å². The van der Waals surface area contributed by atoms with E-state index < -0.39 is 0 Å². The first kappa shape index (κ1) is 11.6. The SMILES string of the molecule is CC(C)(C)N=CC(=O)c1cc2ccccc2o1. The molecular formula is C14H15NO2. The van der Waals surface area contributed by atoms with E-state index in [2.05, 4.69) is 4.99 Å². The first-order valence-electron chi connectivity index (χ1n) is 5.54. The summed E-state index contributed by atoms with van der Waals surface area (Å²) in [7, 11) is 0. The zero-order chi connectivity index (χ0) is 12.5. The number of para-hydroxylation sites is 1. The highest BCUT2D eigenvalue weighted by molar-refractivity contribution is 6.34. The zero-order valence-electron chi connectivity index (χ0n) is 10.2. The van der Waals surface area contributed by atoms with Crippen LogP contribution < -0.4 is 0 Å². The van der Waals surface area contributed by atoms with Crippen molar-refractivity contribution in [1.29, 1.82) is 0 Å². The fourth-order valence-electron chi connectivity index (χ4n) is 1.42. The van der Waals surface area contributed by atoms with Crippen LogP contribution in [0.15, 0.2) is 39.7 Å². The fraction of sp³-hybridized carbons (Fsp3) is 0.286. The number of carbonyl (C=O) groups is 1. The number of furan rings is 1. The Labute approximate surface area is 100 Å². The first-order chi connectivity index (χ1) is 7.96. The van der Waals surface area contributed by atoms with E-state index in [9.17, 15) is 4.79 Å². The number of rotatable bonds is 2. The lowest BCUT2D eigenvalue weighted by atomic mass is 10.1. The molecule has 0 aliphatic heterocycles. The molecule has 88 valence electrons. The van der Waals surface area contributed by atoms with Crippen molar-refractivity contribution in [3.05, 3.63) is 36.1 Å². The van der Waals surface area contributed by atoms with Gasteiger partial charge in [-0.2, -0.15) is 0 Å². The molecule has 0 bridgehead atoms. The van der Waals surface area contributed by atoms with Gasteiger partial charge >= 0.3 is 0 Å². The van der Waals surface area contributed by atoms with Crippen LogP contribution in [0.1, 0.15) is 31.3 Å². The summed E-state index contributed by atoms with van der Waals surface area (Å²) < 4.78 is 5.45. The van der Waals surface area contributed by atoms with Crippen LogP contribution in [-0.2, 0) is 0 Å². The van der Waals surface area contributed by atoms with Crippen molar-refractivity contribution in [2.75, 3.05) is 0 Å². The van der Waals surface area contributed by atoms with Gasteiger partial charge in [-0.1, -0.05) is 18.2 Å². The van der Waals surface area contributed by atoms with E-state index in [1.54, 1.807) is 6.07 Å². The molecule has 0 aliphatic rings. The second-order valence-electron chi connectivity index (χ2n) is 4.94. The highest BCUT2D eigenvalue weighted by Crippen LogP contribution is 2.18. The van der Waals surface area contributed by atoms with Gasteiger partial charge < -0.3 is 4.42 Å². The van der Waals surface area contributed by atoms with Gasteiger partial charge in [-0.3, -0.25) is 9.79 Å². The van der Waals surface area contributed by atoms with E-state index in [0.29, 0.717) is 5.76 Å². The molecule has 2 rings (SSSR count). The van der Waals surface area contributed by atoms with E-state index in [-0.39, 0.29) is 11.3 Å². The highest BCUT2D eigenvalue weighted by Gasteiger charge is 2.12. The predicted molar refractivity (Wildman–Crippen MR) is 68.8 cm³/mol. The molecule has 0 N–H and O–H groups in total. The molecule has 0 aliphatic carbocycles. The average molecular weight is 229 g/mol. The predicted octanol–water partition coefficient (Wildman–Crippen LogP) is 3.48. The maximum atomic E-state index is 11.8. The largest absolute Gasteiger partial charge is 0.453 e. The lowest BCUT2D eigenvalue weighted by Gasteiger charge is -2.09. The van der Waals surface area contributed by atoms with Crippen molar-refractivity contribution in [3.8, 4) is 0 Å². The topological polar surface area (TPSA) is 42.6 Å². The minimum atomic E-state index is -0.248. The second kappa shape index (κ2) is 4.17. The van der Waals surface area contributed by atoms with Gasteiger partial charge in [0.1, 0.15) is 5.58 Å². The van der Waals surface area contributed by atoms with Crippen LogP contribution in [0, 0.1) is 0 Å². The number of hydrogen-bond donors (Lipinski definition) is 0. The normalized spacial score (nSPS) is 12.4. The Bertz CT molecular complexity index is 540. The highest BCUT2D eigenvalue weighted by atomic mass is 16.3. The molecule has 0 saturated carbocycles. The quantitative estimate of drug-likeness (QED) is 0.584. The molecular weight excluding hydrogens is 214 g/mol. The lowest BCUT2D eigenvalue weighted by molar-refractivity contribution is 0.104. The Balaban J connectivity index is 2.28. The summed E-state index contributed by atoms with van der Waals surface area (Å²) in [6, 6.07) is 9.29. The Kier molecular flexibility index (Phi) is 2.84. The molecule has 0 atom stereocenters. The summed E-state index contributed by atoms with van der Waals surface area (Å²) in [5.74, 6) is 0.135. The standard InChI is InChI=1S/C14H15NO2/c1-14(2,3)15-9-11(16)13-8-10-6-4-5-7-12(10)17-13/h4-9H,1-3H3. The molecule has 1 aromatic carbocycles. The maximum Gasteiger partial charge on any atom is 0.238 e. The number of Topliss-reactive ketones (excluding diaryl/α,β-unsaturated/α-hetero) is 1. The Hall–Kier alpha value is -1.90. The number of benzene rings is 1. The number of aliphatic imine (C=N–C) groups is 1. The van der Waals surface area contributed by atoms with Gasteiger partial charge in [-0.15, -0.1) is 0 Å². The fourth-order valence-corrected chi connectivity index (χ4v) is 1.42. The van der Waals surface area contributed by atoms with Crippen molar-refractivity contribution in [2.45, 2.75) is 26.3 Å². The van der Waals surface area contributed by atoms with Crippen molar-refractivity contribution in [2.24, 2.45) is 4.99 Å². The summed E-state index contributed by atoms with van der Waals surface area (Å²) >= 11 is 0. The lowest BCUT2D eigenvalue weighted by Crippen LogP contribution is -2.12. The second-order valence-corrected chi connectivity index (χ2v) is 4.94. The van der Waals surface area contributed by atoms with E-state index >= 15 is 0 Å². The molecule has 1 heterocycles. The molecule has 0 fully saturated rings. The zero-order valence-corrected chi connectivity index (χ0v) is 10.2. The molecule has 3 heteroatoms. The van der Waals surface area contributed by atoms with Gasteiger partial charge in [0.15, 0.2) is 5.76 Å². The minimum Gasteiger partial charge on any atom is -0.453 e. The molecule has 2 aromatic rings. The van der Waals surface area contributed by atoms with Crippen LogP contribution in [0.4, 0.5) is 0 Å². The third-order valence-electron chi connectivity index (χ3n) is 2.24. The van der Waals surface area contributed by atoms with Gasteiger partial charge in [-0.05, 0) is 32.9 Å².